The number of halogens is 2. The van der Waals surface area contributed by atoms with Gasteiger partial charge in [-0.25, -0.2) is 18.1 Å². The third-order valence-corrected chi connectivity index (χ3v) is 5.96. The summed E-state index contributed by atoms with van der Waals surface area (Å²) in [5, 5.41) is 6.58. The summed E-state index contributed by atoms with van der Waals surface area (Å²) in [5.74, 6) is -1.99. The zero-order valence-corrected chi connectivity index (χ0v) is 21.6. The van der Waals surface area contributed by atoms with Gasteiger partial charge in [-0.1, -0.05) is 6.08 Å². The van der Waals surface area contributed by atoms with Gasteiger partial charge in [0.15, 0.2) is 11.6 Å². The minimum Gasteiger partial charge on any atom is -0.454 e. The van der Waals surface area contributed by atoms with Gasteiger partial charge in [0.25, 0.3) is 11.5 Å². The second-order valence-corrected chi connectivity index (χ2v) is 8.86. The number of anilines is 1. The predicted molar refractivity (Wildman–Crippen MR) is 147 cm³/mol. The molecule has 206 valence electrons. The highest BCUT2D eigenvalue weighted by atomic mass is 19.1. The molecule has 0 bridgehead atoms. The van der Waals surface area contributed by atoms with Gasteiger partial charge in [-0.15, -0.1) is 6.58 Å². The van der Waals surface area contributed by atoms with Gasteiger partial charge in [0.2, 0.25) is 0 Å². The van der Waals surface area contributed by atoms with Crippen LogP contribution >= 0.6 is 0 Å². The van der Waals surface area contributed by atoms with Crippen LogP contribution in [0.3, 0.4) is 0 Å². The van der Waals surface area contributed by atoms with E-state index in [0.29, 0.717) is 11.4 Å². The second-order valence-electron chi connectivity index (χ2n) is 8.86. The number of carbonyl (C=O) groups is 1. The molecular weight excluding hydrogens is 534 g/mol. The standard InChI is InChI=1S/C29H22F2N6O4/c1-3-12-36-17-23(28(39)37(29(36)40)21-7-4-19(30)5-8-21)27(38)34-20-6-9-26(24(31)13-20)41-22-10-11-32-25(14-22)18-15-33-35(2)16-18/h3-11,13-17H,1,12H2,2H3,(H,34,38). The number of aromatic nitrogens is 5. The van der Waals surface area contributed by atoms with E-state index >= 15 is 0 Å². The van der Waals surface area contributed by atoms with E-state index in [1.807, 2.05) is 0 Å². The first-order valence-corrected chi connectivity index (χ1v) is 12.2. The average molecular weight is 557 g/mol. The lowest BCUT2D eigenvalue weighted by Gasteiger charge is -2.13. The van der Waals surface area contributed by atoms with Gasteiger partial charge >= 0.3 is 5.69 Å². The summed E-state index contributed by atoms with van der Waals surface area (Å²) >= 11 is 0. The Balaban J connectivity index is 1.40. The highest BCUT2D eigenvalue weighted by Gasteiger charge is 2.19. The summed E-state index contributed by atoms with van der Waals surface area (Å²) in [6, 6.07) is 11.6. The van der Waals surface area contributed by atoms with Gasteiger partial charge in [0, 0.05) is 55.6 Å². The molecule has 0 spiro atoms. The monoisotopic (exact) mass is 556 g/mol. The smallest absolute Gasteiger partial charge is 0.335 e. The van der Waals surface area contributed by atoms with E-state index in [1.165, 1.54) is 36.5 Å². The molecule has 2 aromatic carbocycles. The molecule has 0 aliphatic heterocycles. The Labute approximate surface area is 231 Å². The van der Waals surface area contributed by atoms with E-state index in [4.69, 9.17) is 4.74 Å². The first-order chi connectivity index (χ1) is 19.7. The Morgan fingerprint density at radius 3 is 2.54 bits per heavy atom. The maximum absolute atomic E-state index is 15.0. The molecule has 1 N–H and O–H groups in total. The first-order valence-electron chi connectivity index (χ1n) is 12.2. The van der Waals surface area contributed by atoms with Crippen LogP contribution in [0.5, 0.6) is 11.5 Å². The van der Waals surface area contributed by atoms with Crippen LogP contribution in [0.15, 0.2) is 102 Å². The first kappa shape index (κ1) is 26.9. The molecule has 0 unspecified atom stereocenters. The third-order valence-electron chi connectivity index (χ3n) is 5.96. The molecule has 5 rings (SSSR count). The van der Waals surface area contributed by atoms with E-state index in [-0.39, 0.29) is 23.7 Å². The van der Waals surface area contributed by atoms with Crippen molar-refractivity contribution in [3.8, 4) is 28.4 Å². The van der Waals surface area contributed by atoms with Crippen LogP contribution in [-0.2, 0) is 13.6 Å². The zero-order valence-electron chi connectivity index (χ0n) is 21.6. The van der Waals surface area contributed by atoms with Crippen molar-refractivity contribution < 1.29 is 18.3 Å². The van der Waals surface area contributed by atoms with Crippen molar-refractivity contribution >= 4 is 11.6 Å². The summed E-state index contributed by atoms with van der Waals surface area (Å²) in [5.41, 5.74) is -0.603. The van der Waals surface area contributed by atoms with Gasteiger partial charge < -0.3 is 10.1 Å². The molecule has 3 heterocycles. The summed E-state index contributed by atoms with van der Waals surface area (Å²) in [6.45, 7) is 3.59. The van der Waals surface area contributed by atoms with Crippen molar-refractivity contribution in [3.05, 3.63) is 130 Å². The van der Waals surface area contributed by atoms with Crippen molar-refractivity contribution in [1.29, 1.82) is 0 Å². The fraction of sp³-hybridized carbons (Fsp3) is 0.0690. The molecular formula is C29H22F2N6O4. The Hall–Kier alpha value is -5.65. The number of aryl methyl sites for hydroxylation is 1. The number of hydrogen-bond donors (Lipinski definition) is 1. The largest absolute Gasteiger partial charge is 0.454 e. The summed E-state index contributed by atoms with van der Waals surface area (Å²) < 4.78 is 37.6. The van der Waals surface area contributed by atoms with Crippen LogP contribution in [0.1, 0.15) is 10.4 Å². The molecule has 1 amide bonds. The predicted octanol–water partition coefficient (Wildman–Crippen LogP) is 4.30. The molecule has 0 saturated heterocycles. The molecule has 0 radical (unpaired) electrons. The van der Waals surface area contributed by atoms with Crippen molar-refractivity contribution in [2.45, 2.75) is 6.54 Å². The molecule has 41 heavy (non-hydrogen) atoms. The number of rotatable bonds is 8. The number of amides is 1. The van der Waals surface area contributed by atoms with E-state index in [2.05, 4.69) is 22.0 Å². The lowest BCUT2D eigenvalue weighted by molar-refractivity contribution is 0.102. The summed E-state index contributed by atoms with van der Waals surface area (Å²) in [7, 11) is 1.78. The van der Waals surface area contributed by atoms with E-state index < -0.39 is 34.4 Å². The average Bonchev–Trinajstić information content (AvgIpc) is 3.39. The van der Waals surface area contributed by atoms with Crippen molar-refractivity contribution in [2.75, 3.05) is 5.32 Å². The zero-order chi connectivity index (χ0) is 29.1. The number of ether oxygens (including phenoxy) is 1. The van der Waals surface area contributed by atoms with Crippen LogP contribution in [0.25, 0.3) is 16.9 Å². The molecule has 12 heteroatoms. The summed E-state index contributed by atoms with van der Waals surface area (Å²) in [4.78, 5) is 43.5. The normalized spacial score (nSPS) is 10.8. The Kier molecular flexibility index (Phi) is 7.37. The topological polar surface area (TPSA) is 113 Å². The molecule has 10 nitrogen and oxygen atoms in total. The molecule has 0 fully saturated rings. The molecule has 0 saturated carbocycles. The molecule has 0 aliphatic carbocycles. The minimum absolute atomic E-state index is 0.00123. The fourth-order valence-corrected chi connectivity index (χ4v) is 4.02. The molecule has 5 aromatic rings. The second kappa shape index (κ2) is 11.2. The maximum Gasteiger partial charge on any atom is 0.335 e. The van der Waals surface area contributed by atoms with Crippen LogP contribution in [0, 0.1) is 11.6 Å². The highest BCUT2D eigenvalue weighted by molar-refractivity contribution is 6.03. The van der Waals surface area contributed by atoms with E-state index in [0.717, 1.165) is 39.1 Å². The number of benzene rings is 2. The maximum atomic E-state index is 15.0. The van der Waals surface area contributed by atoms with Gasteiger partial charge in [-0.05, 0) is 42.5 Å². The lowest BCUT2D eigenvalue weighted by atomic mass is 10.2. The number of allylic oxidation sites excluding steroid dienone is 1. The Morgan fingerprint density at radius 1 is 1.07 bits per heavy atom. The SMILES string of the molecule is C=CCn1cc(C(=O)Nc2ccc(Oc3ccnc(-c4cnn(C)c4)c3)c(F)c2)c(=O)n(-c2ccc(F)cc2)c1=O. The Bertz CT molecular complexity index is 1890. The van der Waals surface area contributed by atoms with Crippen LogP contribution in [0.4, 0.5) is 14.5 Å². The molecule has 3 aromatic heterocycles. The van der Waals surface area contributed by atoms with Crippen molar-refractivity contribution in [1.82, 2.24) is 23.9 Å². The Morgan fingerprint density at radius 2 is 1.85 bits per heavy atom. The molecule has 0 aliphatic rings. The van der Waals surface area contributed by atoms with E-state index in [1.54, 1.807) is 36.3 Å². The van der Waals surface area contributed by atoms with Gasteiger partial charge in [0.05, 0.1) is 17.6 Å². The number of pyridine rings is 1. The van der Waals surface area contributed by atoms with E-state index in [9.17, 15) is 23.2 Å². The van der Waals surface area contributed by atoms with Gasteiger partial charge in [0.1, 0.15) is 17.1 Å². The van der Waals surface area contributed by atoms with Gasteiger partial charge in [-0.3, -0.25) is 23.8 Å². The summed E-state index contributed by atoms with van der Waals surface area (Å²) in [6.07, 6.45) is 7.46. The van der Waals surface area contributed by atoms with Crippen LogP contribution in [-0.4, -0.2) is 29.8 Å². The van der Waals surface area contributed by atoms with Crippen LogP contribution in [0.2, 0.25) is 0 Å². The number of nitrogens with zero attached hydrogens (tertiary/aromatic N) is 5. The minimum atomic E-state index is -0.929. The fourth-order valence-electron chi connectivity index (χ4n) is 4.02. The molecule has 0 atom stereocenters. The van der Waals surface area contributed by atoms with Crippen LogP contribution < -0.4 is 21.3 Å². The highest BCUT2D eigenvalue weighted by Crippen LogP contribution is 2.29. The number of hydrogen-bond acceptors (Lipinski definition) is 6. The third kappa shape index (κ3) is 5.71. The van der Waals surface area contributed by atoms with Gasteiger partial charge in [-0.2, -0.15) is 5.10 Å². The lowest BCUT2D eigenvalue weighted by Crippen LogP contribution is -2.42. The number of nitrogens with one attached hydrogen (secondary N) is 1. The van der Waals surface area contributed by atoms with Crippen molar-refractivity contribution in [2.24, 2.45) is 7.05 Å². The number of carbonyl (C=O) groups excluding carboxylic acids is 1. The van der Waals surface area contributed by atoms with Crippen molar-refractivity contribution in [3.63, 3.8) is 0 Å². The quantitative estimate of drug-likeness (QED) is 0.285.